The standard InChI is InChI=1S/C23H25NO3/c1-2-26-23(25)19-15-18(19)17-12-8-13-20-22(17)27-21(24-20)14-7-6-11-16-9-4-3-5-10-16/h3-5,8-10,12-13,18-19H,2,6-7,11,14-15H2,1H3/t18-,19+/m0/s1. The van der Waals surface area contributed by atoms with Crippen molar-refractivity contribution in [2.24, 2.45) is 5.92 Å². The molecule has 140 valence electrons. The summed E-state index contributed by atoms with van der Waals surface area (Å²) in [4.78, 5) is 16.6. The third-order valence-electron chi connectivity index (χ3n) is 5.22. The van der Waals surface area contributed by atoms with Crippen molar-refractivity contribution >= 4 is 17.1 Å². The number of carbonyl (C=O) groups excluding carboxylic acids is 1. The van der Waals surface area contributed by atoms with E-state index in [1.54, 1.807) is 0 Å². The maximum atomic E-state index is 12.0. The van der Waals surface area contributed by atoms with E-state index in [0.29, 0.717) is 6.61 Å². The molecule has 0 bridgehead atoms. The molecule has 1 aliphatic rings. The summed E-state index contributed by atoms with van der Waals surface area (Å²) in [7, 11) is 0. The van der Waals surface area contributed by atoms with Gasteiger partial charge in [0.1, 0.15) is 5.52 Å². The number of hydrogen-bond donors (Lipinski definition) is 0. The van der Waals surface area contributed by atoms with Crippen LogP contribution in [-0.4, -0.2) is 17.6 Å². The van der Waals surface area contributed by atoms with Gasteiger partial charge in [0, 0.05) is 17.9 Å². The van der Waals surface area contributed by atoms with Crippen LogP contribution in [-0.2, 0) is 22.4 Å². The predicted octanol–water partition coefficient (Wildman–Crippen LogP) is 5.06. The minimum Gasteiger partial charge on any atom is -0.466 e. The number of oxazole rings is 1. The third-order valence-corrected chi connectivity index (χ3v) is 5.22. The van der Waals surface area contributed by atoms with Crippen LogP contribution in [0.1, 0.15) is 49.1 Å². The van der Waals surface area contributed by atoms with E-state index in [1.807, 2.05) is 25.1 Å². The smallest absolute Gasteiger partial charge is 0.309 e. The largest absolute Gasteiger partial charge is 0.466 e. The van der Waals surface area contributed by atoms with Crippen LogP contribution in [0.3, 0.4) is 0 Å². The van der Waals surface area contributed by atoms with Crippen LogP contribution in [0.15, 0.2) is 52.9 Å². The molecule has 1 aromatic heterocycles. The summed E-state index contributed by atoms with van der Waals surface area (Å²) in [5.41, 5.74) is 4.19. The Morgan fingerprint density at radius 1 is 1.11 bits per heavy atom. The van der Waals surface area contributed by atoms with E-state index in [-0.39, 0.29) is 17.8 Å². The Morgan fingerprint density at radius 3 is 2.74 bits per heavy atom. The second kappa shape index (κ2) is 7.95. The van der Waals surface area contributed by atoms with E-state index >= 15 is 0 Å². The molecule has 27 heavy (non-hydrogen) atoms. The Balaban J connectivity index is 1.39. The Labute approximate surface area is 159 Å². The fourth-order valence-electron chi connectivity index (χ4n) is 3.71. The summed E-state index contributed by atoms with van der Waals surface area (Å²) in [6.45, 7) is 2.28. The molecule has 1 saturated carbocycles. The van der Waals surface area contributed by atoms with Crippen molar-refractivity contribution in [3.8, 4) is 0 Å². The van der Waals surface area contributed by atoms with Crippen molar-refractivity contribution in [3.05, 3.63) is 65.5 Å². The molecule has 0 radical (unpaired) electrons. The van der Waals surface area contributed by atoms with Gasteiger partial charge in [0.25, 0.3) is 0 Å². The molecule has 4 rings (SSSR count). The summed E-state index contributed by atoms with van der Waals surface area (Å²) in [5, 5.41) is 0. The zero-order chi connectivity index (χ0) is 18.6. The van der Waals surface area contributed by atoms with E-state index in [1.165, 1.54) is 5.56 Å². The van der Waals surface area contributed by atoms with Gasteiger partial charge in [-0.05, 0) is 44.2 Å². The van der Waals surface area contributed by atoms with Gasteiger partial charge in [-0.2, -0.15) is 0 Å². The van der Waals surface area contributed by atoms with E-state index in [0.717, 1.165) is 54.7 Å². The molecule has 2 atom stereocenters. The first-order chi connectivity index (χ1) is 13.3. The summed E-state index contributed by atoms with van der Waals surface area (Å²) in [5.74, 6) is 0.862. The van der Waals surface area contributed by atoms with Crippen LogP contribution in [0, 0.1) is 5.92 Å². The first kappa shape index (κ1) is 17.8. The fourth-order valence-corrected chi connectivity index (χ4v) is 3.71. The van der Waals surface area contributed by atoms with Gasteiger partial charge in [0.2, 0.25) is 0 Å². The van der Waals surface area contributed by atoms with Gasteiger partial charge >= 0.3 is 5.97 Å². The summed E-state index contributed by atoms with van der Waals surface area (Å²) < 4.78 is 11.2. The molecule has 4 nitrogen and oxygen atoms in total. The zero-order valence-electron chi connectivity index (χ0n) is 15.7. The third kappa shape index (κ3) is 4.05. The first-order valence-corrected chi connectivity index (χ1v) is 9.85. The monoisotopic (exact) mass is 363 g/mol. The van der Waals surface area contributed by atoms with Crippen LogP contribution < -0.4 is 0 Å². The van der Waals surface area contributed by atoms with Crippen molar-refractivity contribution in [1.29, 1.82) is 0 Å². The molecule has 0 amide bonds. The molecule has 1 fully saturated rings. The Morgan fingerprint density at radius 2 is 1.93 bits per heavy atom. The highest BCUT2D eigenvalue weighted by atomic mass is 16.5. The van der Waals surface area contributed by atoms with Gasteiger partial charge in [-0.15, -0.1) is 0 Å². The minimum absolute atomic E-state index is 0.0324. The van der Waals surface area contributed by atoms with Gasteiger partial charge < -0.3 is 9.15 Å². The molecule has 0 saturated heterocycles. The Hall–Kier alpha value is -2.62. The second-order valence-corrected chi connectivity index (χ2v) is 7.20. The van der Waals surface area contributed by atoms with Crippen molar-refractivity contribution in [2.45, 2.75) is 44.9 Å². The number of nitrogens with zero attached hydrogens (tertiary/aromatic N) is 1. The minimum atomic E-state index is -0.0971. The van der Waals surface area contributed by atoms with E-state index in [9.17, 15) is 4.79 Å². The molecule has 2 aromatic carbocycles. The quantitative estimate of drug-likeness (QED) is 0.415. The van der Waals surface area contributed by atoms with Crippen molar-refractivity contribution in [1.82, 2.24) is 4.98 Å². The lowest BCUT2D eigenvalue weighted by Crippen LogP contribution is -2.07. The van der Waals surface area contributed by atoms with Crippen LogP contribution in [0.5, 0.6) is 0 Å². The number of aromatic nitrogens is 1. The highest BCUT2D eigenvalue weighted by molar-refractivity contribution is 5.82. The second-order valence-electron chi connectivity index (χ2n) is 7.20. The number of aryl methyl sites for hydroxylation is 2. The maximum absolute atomic E-state index is 12.0. The van der Waals surface area contributed by atoms with Crippen LogP contribution >= 0.6 is 0 Å². The lowest BCUT2D eigenvalue weighted by molar-refractivity contribution is -0.144. The maximum Gasteiger partial charge on any atom is 0.309 e. The van der Waals surface area contributed by atoms with Gasteiger partial charge in [-0.25, -0.2) is 4.98 Å². The van der Waals surface area contributed by atoms with Gasteiger partial charge in [-0.1, -0.05) is 42.5 Å². The zero-order valence-corrected chi connectivity index (χ0v) is 15.7. The number of para-hydroxylation sites is 1. The lowest BCUT2D eigenvalue weighted by Gasteiger charge is -2.02. The van der Waals surface area contributed by atoms with Gasteiger partial charge in [0.05, 0.1) is 12.5 Å². The molecule has 0 N–H and O–H groups in total. The van der Waals surface area contributed by atoms with Crippen molar-refractivity contribution in [3.63, 3.8) is 0 Å². The molecule has 0 aliphatic heterocycles. The summed E-state index contributed by atoms with van der Waals surface area (Å²) in [6.07, 6.45) is 4.92. The Kier molecular flexibility index (Phi) is 5.23. The highest BCUT2D eigenvalue weighted by Crippen LogP contribution is 2.50. The molecule has 4 heteroatoms. The molecule has 3 aromatic rings. The lowest BCUT2D eigenvalue weighted by atomic mass is 10.1. The van der Waals surface area contributed by atoms with E-state index < -0.39 is 0 Å². The highest BCUT2D eigenvalue weighted by Gasteiger charge is 2.46. The average Bonchev–Trinajstić information content (AvgIpc) is 3.38. The van der Waals surface area contributed by atoms with E-state index in [2.05, 4.69) is 35.3 Å². The average molecular weight is 363 g/mol. The predicted molar refractivity (Wildman–Crippen MR) is 105 cm³/mol. The normalized spacial score (nSPS) is 18.6. The number of unbranched alkanes of at least 4 members (excludes halogenated alkanes) is 1. The fraction of sp³-hybridized carbons (Fsp3) is 0.391. The summed E-state index contributed by atoms with van der Waals surface area (Å²) in [6, 6.07) is 16.6. The van der Waals surface area contributed by atoms with Crippen LogP contribution in [0.4, 0.5) is 0 Å². The van der Waals surface area contributed by atoms with Crippen molar-refractivity contribution in [2.75, 3.05) is 6.61 Å². The molecule has 0 unspecified atom stereocenters. The number of rotatable bonds is 8. The number of carbonyl (C=O) groups is 1. The van der Waals surface area contributed by atoms with Crippen molar-refractivity contribution < 1.29 is 13.9 Å². The molecular formula is C23H25NO3. The molecule has 1 aliphatic carbocycles. The van der Waals surface area contributed by atoms with Crippen LogP contribution in [0.25, 0.3) is 11.1 Å². The van der Waals surface area contributed by atoms with E-state index in [4.69, 9.17) is 9.15 Å². The summed E-state index contributed by atoms with van der Waals surface area (Å²) >= 11 is 0. The number of esters is 1. The molecule has 0 spiro atoms. The number of benzene rings is 2. The topological polar surface area (TPSA) is 52.3 Å². The number of fused-ring (bicyclic) bond motifs is 1. The Bertz CT molecular complexity index is 916. The van der Waals surface area contributed by atoms with Crippen LogP contribution in [0.2, 0.25) is 0 Å². The SMILES string of the molecule is CCOC(=O)[C@@H]1C[C@H]1c1cccc2nc(CCCCc3ccccc3)oc12. The molecular weight excluding hydrogens is 338 g/mol. The first-order valence-electron chi connectivity index (χ1n) is 9.85. The molecule has 1 heterocycles. The van der Waals surface area contributed by atoms with Gasteiger partial charge in [-0.3, -0.25) is 4.79 Å². The number of hydrogen-bond acceptors (Lipinski definition) is 4. The van der Waals surface area contributed by atoms with Gasteiger partial charge in [0.15, 0.2) is 11.5 Å². The number of ether oxygens (including phenoxy) is 1.